The molecule has 5 rings (SSSR count). The van der Waals surface area contributed by atoms with Gasteiger partial charge in [0.2, 0.25) is 0 Å². The molecule has 0 aliphatic carbocycles. The van der Waals surface area contributed by atoms with E-state index in [2.05, 4.69) is 20.0 Å². The van der Waals surface area contributed by atoms with Gasteiger partial charge in [-0.1, -0.05) is 66.1 Å². The average Bonchev–Trinajstić information content (AvgIpc) is 2.80. The molecule has 0 fully saturated rings. The molecule has 0 saturated heterocycles. The van der Waals surface area contributed by atoms with E-state index in [-0.39, 0.29) is 10.7 Å². The second kappa shape index (κ2) is 7.98. The van der Waals surface area contributed by atoms with Gasteiger partial charge in [0.1, 0.15) is 7.85 Å². The maximum absolute atomic E-state index is 13.1. The van der Waals surface area contributed by atoms with Crippen LogP contribution in [0.5, 0.6) is 0 Å². The smallest absolute Gasteiger partial charge is 0.263 e. The number of hydrogen-bond donors (Lipinski definition) is 2. The Labute approximate surface area is 186 Å². The zero-order valence-electron chi connectivity index (χ0n) is 17.3. The van der Waals surface area contributed by atoms with Crippen molar-refractivity contribution in [1.82, 2.24) is 9.97 Å². The predicted molar refractivity (Wildman–Crippen MR) is 132 cm³/mol. The zero-order valence-corrected chi connectivity index (χ0v) is 18.1. The Morgan fingerprint density at radius 3 is 2.06 bits per heavy atom. The lowest BCUT2D eigenvalue weighted by atomic mass is 9.97. The molecular weight excluding hydrogens is 419 g/mol. The summed E-state index contributed by atoms with van der Waals surface area (Å²) in [7, 11) is -1.94. The Hall–Kier alpha value is -3.91. The fourth-order valence-electron chi connectivity index (χ4n) is 3.52. The molecule has 0 atom stereocenters. The van der Waals surface area contributed by atoms with Crippen LogP contribution in [0.1, 0.15) is 0 Å². The first-order valence-electron chi connectivity index (χ1n) is 10.1. The summed E-state index contributed by atoms with van der Waals surface area (Å²) >= 11 is 0. The maximum atomic E-state index is 13.1. The first kappa shape index (κ1) is 20.0. The number of nitrogens with zero attached hydrogens (tertiary/aromatic N) is 2. The van der Waals surface area contributed by atoms with Gasteiger partial charge in [-0.25, -0.2) is 18.4 Å². The highest BCUT2D eigenvalue weighted by atomic mass is 32.2. The van der Waals surface area contributed by atoms with E-state index in [0.29, 0.717) is 16.9 Å². The summed E-state index contributed by atoms with van der Waals surface area (Å²) < 4.78 is 28.7. The van der Waals surface area contributed by atoms with Crippen molar-refractivity contribution < 1.29 is 8.42 Å². The summed E-state index contributed by atoms with van der Waals surface area (Å²) in [5.74, 6) is 0.466. The Morgan fingerprint density at radius 2 is 1.31 bits per heavy atom. The van der Waals surface area contributed by atoms with E-state index in [1.807, 2.05) is 68.5 Å². The molecule has 0 aliphatic heterocycles. The van der Waals surface area contributed by atoms with Crippen LogP contribution in [-0.2, 0) is 10.0 Å². The molecule has 6 nitrogen and oxygen atoms in total. The van der Waals surface area contributed by atoms with Gasteiger partial charge in [-0.15, -0.1) is 0 Å². The highest BCUT2D eigenvalue weighted by molar-refractivity contribution is 7.92. The van der Waals surface area contributed by atoms with Gasteiger partial charge in [0.15, 0.2) is 11.6 Å². The molecule has 8 heteroatoms. The minimum absolute atomic E-state index is 0.136. The Balaban J connectivity index is 1.61. The molecule has 0 amide bonds. The lowest BCUT2D eigenvalue weighted by Crippen LogP contribution is -2.16. The summed E-state index contributed by atoms with van der Waals surface area (Å²) in [6.07, 6.45) is 0. The number of para-hydroxylation sites is 2. The fourth-order valence-corrected chi connectivity index (χ4v) is 4.53. The molecule has 1 aromatic heterocycles. The van der Waals surface area contributed by atoms with Crippen LogP contribution >= 0.6 is 0 Å². The van der Waals surface area contributed by atoms with E-state index in [1.54, 1.807) is 30.3 Å². The number of hydrogen-bond acceptors (Lipinski definition) is 5. The average molecular weight is 438 g/mol. The molecule has 0 bridgehead atoms. The van der Waals surface area contributed by atoms with Crippen molar-refractivity contribution in [3.05, 3.63) is 91.0 Å². The van der Waals surface area contributed by atoms with E-state index < -0.39 is 10.0 Å². The molecule has 156 valence electrons. The topological polar surface area (TPSA) is 84.0 Å². The molecule has 2 N–H and O–H groups in total. The van der Waals surface area contributed by atoms with Crippen LogP contribution in [0.4, 0.5) is 17.3 Å². The van der Waals surface area contributed by atoms with Crippen molar-refractivity contribution >= 4 is 62.5 Å². The Kier molecular flexibility index (Phi) is 4.99. The largest absolute Gasteiger partial charge is 0.337 e. The number of benzene rings is 4. The Bertz CT molecular complexity index is 1550. The van der Waals surface area contributed by atoms with Gasteiger partial charge < -0.3 is 5.32 Å². The number of fused-ring (bicyclic) bond motifs is 2. The van der Waals surface area contributed by atoms with Crippen LogP contribution in [0, 0.1) is 0 Å². The molecular formula is C24H19BN4O2S. The van der Waals surface area contributed by atoms with Gasteiger partial charge in [-0.05, 0) is 35.7 Å². The minimum Gasteiger partial charge on any atom is -0.337 e. The van der Waals surface area contributed by atoms with Crippen LogP contribution in [0.15, 0.2) is 95.9 Å². The third-order valence-electron chi connectivity index (χ3n) is 5.18. The maximum Gasteiger partial charge on any atom is 0.263 e. The molecule has 5 aromatic rings. The third-order valence-corrected chi connectivity index (χ3v) is 6.53. The summed E-state index contributed by atoms with van der Waals surface area (Å²) in [4.78, 5) is 9.39. The molecule has 0 aliphatic rings. The summed E-state index contributed by atoms with van der Waals surface area (Å²) in [6.45, 7) is 0. The lowest BCUT2D eigenvalue weighted by Gasteiger charge is -2.15. The number of anilines is 3. The highest BCUT2D eigenvalue weighted by Crippen LogP contribution is 2.30. The second-order valence-corrected chi connectivity index (χ2v) is 9.16. The van der Waals surface area contributed by atoms with Crippen molar-refractivity contribution in [2.24, 2.45) is 0 Å². The minimum atomic E-state index is -3.85. The molecule has 0 saturated carbocycles. The van der Waals surface area contributed by atoms with Crippen molar-refractivity contribution in [3.8, 4) is 0 Å². The van der Waals surface area contributed by atoms with Crippen molar-refractivity contribution in [2.45, 2.75) is 4.90 Å². The van der Waals surface area contributed by atoms with Crippen molar-refractivity contribution in [1.29, 1.82) is 0 Å². The summed E-state index contributed by atoms with van der Waals surface area (Å²) in [5.41, 5.74) is 3.04. The van der Waals surface area contributed by atoms with Crippen LogP contribution < -0.4 is 15.5 Å². The quantitative estimate of drug-likeness (QED) is 0.410. The molecule has 4 aromatic carbocycles. The van der Waals surface area contributed by atoms with Gasteiger partial charge in [0.05, 0.1) is 15.9 Å². The van der Waals surface area contributed by atoms with E-state index in [9.17, 15) is 8.42 Å². The van der Waals surface area contributed by atoms with E-state index in [1.165, 1.54) is 0 Å². The number of sulfonamides is 1. The van der Waals surface area contributed by atoms with Crippen LogP contribution in [-0.4, -0.2) is 26.2 Å². The molecule has 1 heterocycles. The lowest BCUT2D eigenvalue weighted by molar-refractivity contribution is 0.601. The van der Waals surface area contributed by atoms with Crippen LogP contribution in [0.3, 0.4) is 0 Å². The van der Waals surface area contributed by atoms with Crippen LogP contribution in [0.25, 0.3) is 21.8 Å². The normalized spacial score (nSPS) is 11.5. The molecule has 32 heavy (non-hydrogen) atoms. The number of rotatable bonds is 5. The summed E-state index contributed by atoms with van der Waals surface area (Å²) in [6, 6.07) is 27.9. The highest BCUT2D eigenvalue weighted by Gasteiger charge is 2.19. The predicted octanol–water partition coefficient (Wildman–Crippen LogP) is 3.59. The standard InChI is InChI=1S/C24H19BN4O2S/c25-17-12-14-18(15-13-17)32(30,31)29-24-23(27-21-9-3-4-10-22(21)28-24)26-20-11-5-7-16-6-1-2-8-19(16)20/h1-15H,25H2,(H,26,27)(H,28,29). The fraction of sp³-hybridized carbons (Fsp3) is 0. The number of nitrogens with one attached hydrogen (secondary N) is 2. The molecule has 0 spiro atoms. The van der Waals surface area contributed by atoms with E-state index >= 15 is 0 Å². The third kappa shape index (κ3) is 3.88. The first-order chi connectivity index (χ1) is 15.5. The van der Waals surface area contributed by atoms with Crippen LogP contribution in [0.2, 0.25) is 0 Å². The van der Waals surface area contributed by atoms with Gasteiger partial charge >= 0.3 is 0 Å². The second-order valence-electron chi connectivity index (χ2n) is 7.48. The van der Waals surface area contributed by atoms with Crippen molar-refractivity contribution in [3.63, 3.8) is 0 Å². The van der Waals surface area contributed by atoms with Gasteiger partial charge in [0, 0.05) is 11.1 Å². The van der Waals surface area contributed by atoms with Gasteiger partial charge in [-0.2, -0.15) is 0 Å². The molecule has 0 radical (unpaired) electrons. The monoisotopic (exact) mass is 438 g/mol. The van der Waals surface area contributed by atoms with Crippen molar-refractivity contribution in [2.75, 3.05) is 10.0 Å². The number of aromatic nitrogens is 2. The summed E-state index contributed by atoms with van der Waals surface area (Å²) in [5, 5.41) is 5.35. The van der Waals surface area contributed by atoms with E-state index in [4.69, 9.17) is 0 Å². The van der Waals surface area contributed by atoms with E-state index in [0.717, 1.165) is 21.9 Å². The van der Waals surface area contributed by atoms with Gasteiger partial charge in [0.25, 0.3) is 10.0 Å². The van der Waals surface area contributed by atoms with Gasteiger partial charge in [-0.3, -0.25) is 4.72 Å². The molecule has 0 unspecified atom stereocenters. The first-order valence-corrected chi connectivity index (χ1v) is 11.6. The SMILES string of the molecule is Bc1ccc(S(=O)(=O)Nc2nc3ccccc3nc2Nc2cccc3ccccc23)cc1. The zero-order chi connectivity index (χ0) is 22.1. The Morgan fingerprint density at radius 1 is 0.688 bits per heavy atom.